The zero-order chi connectivity index (χ0) is 17.0. The number of carbonyl (C=O) groups excluding carboxylic acids is 2. The van der Waals surface area contributed by atoms with E-state index in [1.165, 1.54) is 0 Å². The van der Waals surface area contributed by atoms with Crippen molar-refractivity contribution in [3.8, 4) is 0 Å². The third-order valence-corrected chi connectivity index (χ3v) is 3.19. The first kappa shape index (κ1) is 16.7. The monoisotopic (exact) mass is 310 g/mol. The van der Waals surface area contributed by atoms with Crippen LogP contribution in [0.5, 0.6) is 0 Å². The fourth-order valence-corrected chi connectivity index (χ4v) is 2.15. The number of benzene rings is 2. The van der Waals surface area contributed by atoms with Crippen molar-refractivity contribution in [3.63, 3.8) is 0 Å². The van der Waals surface area contributed by atoms with Crippen LogP contribution in [-0.4, -0.2) is 17.4 Å². The number of nitrogens with one attached hydrogen (secondary N) is 2. The quantitative estimate of drug-likeness (QED) is 0.906. The Hall–Kier alpha value is -2.62. The van der Waals surface area contributed by atoms with Gasteiger partial charge >= 0.3 is 0 Å². The molecule has 2 aromatic rings. The van der Waals surface area contributed by atoms with E-state index in [2.05, 4.69) is 10.6 Å². The van der Waals surface area contributed by atoms with Crippen molar-refractivity contribution >= 4 is 17.5 Å². The fourth-order valence-electron chi connectivity index (χ4n) is 2.15. The summed E-state index contributed by atoms with van der Waals surface area (Å²) in [6.45, 7) is 7.67. The molecule has 2 amide bonds. The van der Waals surface area contributed by atoms with Gasteiger partial charge in [-0.3, -0.25) is 9.59 Å². The number of rotatable bonds is 3. The Morgan fingerprint density at radius 1 is 0.913 bits per heavy atom. The Morgan fingerprint density at radius 2 is 1.57 bits per heavy atom. The van der Waals surface area contributed by atoms with Crippen LogP contribution >= 0.6 is 0 Å². The molecule has 0 saturated heterocycles. The van der Waals surface area contributed by atoms with E-state index in [0.29, 0.717) is 16.8 Å². The summed E-state index contributed by atoms with van der Waals surface area (Å²) < 4.78 is 0. The minimum Gasteiger partial charge on any atom is -0.347 e. The number of hydrogen-bond donors (Lipinski definition) is 2. The van der Waals surface area contributed by atoms with Gasteiger partial charge in [-0.15, -0.1) is 0 Å². The molecule has 0 bridgehead atoms. The zero-order valence-corrected chi connectivity index (χ0v) is 13.9. The van der Waals surface area contributed by atoms with Gasteiger partial charge in [-0.1, -0.05) is 29.8 Å². The lowest BCUT2D eigenvalue weighted by atomic mass is 10.0. The highest BCUT2D eigenvalue weighted by Crippen LogP contribution is 2.19. The van der Waals surface area contributed by atoms with Crippen LogP contribution in [0.15, 0.2) is 48.5 Å². The van der Waals surface area contributed by atoms with Gasteiger partial charge in [-0.2, -0.15) is 0 Å². The highest BCUT2D eigenvalue weighted by molar-refractivity contribution is 6.09. The normalized spacial score (nSPS) is 11.0. The van der Waals surface area contributed by atoms with E-state index in [9.17, 15) is 9.59 Å². The van der Waals surface area contributed by atoms with Crippen molar-refractivity contribution < 1.29 is 9.59 Å². The van der Waals surface area contributed by atoms with Gasteiger partial charge in [-0.25, -0.2) is 0 Å². The average Bonchev–Trinajstić information content (AvgIpc) is 2.48. The van der Waals surface area contributed by atoms with Gasteiger partial charge in [0, 0.05) is 11.1 Å². The van der Waals surface area contributed by atoms with E-state index in [-0.39, 0.29) is 17.4 Å². The van der Waals surface area contributed by atoms with E-state index in [1.54, 1.807) is 36.4 Å². The van der Waals surface area contributed by atoms with Gasteiger partial charge < -0.3 is 10.6 Å². The molecule has 0 saturated carbocycles. The minimum atomic E-state index is -0.346. The van der Waals surface area contributed by atoms with Gasteiger partial charge in [0.25, 0.3) is 11.8 Å². The standard InChI is InChI=1S/C19H22N2O2/c1-13-10-11-16(15(12-13)18(23)21-19(2,3)4)20-17(22)14-8-6-5-7-9-14/h5-12H,1-4H3,(H,20,22)(H,21,23). The number of anilines is 1. The number of amides is 2. The lowest BCUT2D eigenvalue weighted by molar-refractivity contribution is 0.0920. The molecular formula is C19H22N2O2. The molecule has 4 heteroatoms. The lowest BCUT2D eigenvalue weighted by Crippen LogP contribution is -2.41. The Labute approximate surface area is 136 Å². The van der Waals surface area contributed by atoms with Crippen LogP contribution in [0.25, 0.3) is 0 Å². The maximum atomic E-state index is 12.5. The number of carbonyl (C=O) groups is 2. The molecule has 0 aromatic heterocycles. The molecule has 0 unspecified atom stereocenters. The summed E-state index contributed by atoms with van der Waals surface area (Å²) in [4.78, 5) is 24.8. The topological polar surface area (TPSA) is 58.2 Å². The first-order chi connectivity index (χ1) is 10.8. The van der Waals surface area contributed by atoms with Crippen molar-refractivity contribution in [1.29, 1.82) is 0 Å². The van der Waals surface area contributed by atoms with Crippen LogP contribution in [0.3, 0.4) is 0 Å². The molecule has 0 fully saturated rings. The molecule has 0 aliphatic carbocycles. The van der Waals surface area contributed by atoms with Crippen LogP contribution in [0.4, 0.5) is 5.69 Å². The van der Waals surface area contributed by atoms with Gasteiger partial charge in [0.1, 0.15) is 0 Å². The number of hydrogen-bond acceptors (Lipinski definition) is 2. The Bertz CT molecular complexity index is 716. The summed E-state index contributed by atoms with van der Waals surface area (Å²) >= 11 is 0. The van der Waals surface area contributed by atoms with Crippen LogP contribution in [0.2, 0.25) is 0 Å². The predicted octanol–water partition coefficient (Wildman–Crippen LogP) is 3.78. The van der Waals surface area contributed by atoms with Crippen molar-refractivity contribution in [2.24, 2.45) is 0 Å². The van der Waals surface area contributed by atoms with Crippen LogP contribution in [-0.2, 0) is 0 Å². The van der Waals surface area contributed by atoms with Crippen LogP contribution in [0.1, 0.15) is 47.1 Å². The van der Waals surface area contributed by atoms with Crippen molar-refractivity contribution in [2.45, 2.75) is 33.2 Å². The molecule has 0 aliphatic heterocycles. The summed E-state index contributed by atoms with van der Waals surface area (Å²) in [6, 6.07) is 14.3. The van der Waals surface area contributed by atoms with E-state index in [0.717, 1.165) is 5.56 Å². The number of aryl methyl sites for hydroxylation is 1. The molecule has 0 spiro atoms. The molecule has 0 atom stereocenters. The summed E-state index contributed by atoms with van der Waals surface area (Å²) in [5.41, 5.74) is 2.13. The minimum absolute atomic E-state index is 0.204. The van der Waals surface area contributed by atoms with E-state index >= 15 is 0 Å². The molecule has 2 rings (SSSR count). The maximum absolute atomic E-state index is 12.5. The van der Waals surface area contributed by atoms with Gasteiger partial charge in [-0.05, 0) is 52.0 Å². The van der Waals surface area contributed by atoms with E-state index in [1.807, 2.05) is 39.8 Å². The van der Waals surface area contributed by atoms with Crippen molar-refractivity contribution in [2.75, 3.05) is 5.32 Å². The highest BCUT2D eigenvalue weighted by atomic mass is 16.2. The Balaban J connectivity index is 2.29. The second kappa shape index (κ2) is 6.65. The molecule has 0 heterocycles. The molecule has 0 radical (unpaired) electrons. The average molecular weight is 310 g/mol. The fraction of sp³-hybridized carbons (Fsp3) is 0.263. The molecule has 2 aromatic carbocycles. The lowest BCUT2D eigenvalue weighted by Gasteiger charge is -2.22. The molecule has 23 heavy (non-hydrogen) atoms. The maximum Gasteiger partial charge on any atom is 0.255 e. The smallest absolute Gasteiger partial charge is 0.255 e. The second-order valence-corrected chi connectivity index (χ2v) is 6.57. The van der Waals surface area contributed by atoms with E-state index < -0.39 is 0 Å². The largest absolute Gasteiger partial charge is 0.347 e. The molecular weight excluding hydrogens is 288 g/mol. The second-order valence-electron chi connectivity index (χ2n) is 6.57. The third kappa shape index (κ3) is 4.68. The third-order valence-electron chi connectivity index (χ3n) is 3.19. The first-order valence-corrected chi connectivity index (χ1v) is 7.56. The van der Waals surface area contributed by atoms with Gasteiger partial charge in [0.15, 0.2) is 0 Å². The highest BCUT2D eigenvalue weighted by Gasteiger charge is 2.19. The Morgan fingerprint density at radius 3 is 2.17 bits per heavy atom. The van der Waals surface area contributed by atoms with Crippen LogP contribution < -0.4 is 10.6 Å². The zero-order valence-electron chi connectivity index (χ0n) is 13.9. The predicted molar refractivity (Wildman–Crippen MR) is 92.8 cm³/mol. The van der Waals surface area contributed by atoms with E-state index in [4.69, 9.17) is 0 Å². The molecule has 2 N–H and O–H groups in total. The molecule has 4 nitrogen and oxygen atoms in total. The summed E-state index contributed by atoms with van der Waals surface area (Å²) in [7, 11) is 0. The Kier molecular flexibility index (Phi) is 4.84. The summed E-state index contributed by atoms with van der Waals surface area (Å²) in [6.07, 6.45) is 0. The van der Waals surface area contributed by atoms with Gasteiger partial charge in [0.2, 0.25) is 0 Å². The van der Waals surface area contributed by atoms with Crippen LogP contribution in [0, 0.1) is 6.92 Å². The molecule has 0 aliphatic rings. The van der Waals surface area contributed by atoms with Crippen molar-refractivity contribution in [1.82, 2.24) is 5.32 Å². The van der Waals surface area contributed by atoms with Crippen molar-refractivity contribution in [3.05, 3.63) is 65.2 Å². The molecule has 120 valence electrons. The summed E-state index contributed by atoms with van der Waals surface area (Å²) in [5.74, 6) is -0.441. The SMILES string of the molecule is Cc1ccc(NC(=O)c2ccccc2)c(C(=O)NC(C)(C)C)c1. The van der Waals surface area contributed by atoms with Gasteiger partial charge in [0.05, 0.1) is 11.3 Å². The summed E-state index contributed by atoms with van der Waals surface area (Å²) in [5, 5.41) is 5.75. The first-order valence-electron chi connectivity index (χ1n) is 7.56.